The molecule has 0 fully saturated rings. The molecule has 1 atom stereocenters. The van der Waals surface area contributed by atoms with E-state index in [9.17, 15) is 4.79 Å². The Balaban J connectivity index is 2.48. The molecule has 0 aromatic carbocycles. The number of nitrogens with zero attached hydrogens (tertiary/aromatic N) is 5. The van der Waals surface area contributed by atoms with E-state index in [1.807, 2.05) is 13.8 Å². The van der Waals surface area contributed by atoms with Gasteiger partial charge in [-0.2, -0.15) is 0 Å². The van der Waals surface area contributed by atoms with Crippen LogP contribution in [0, 0.1) is 0 Å². The second-order valence-electron chi connectivity index (χ2n) is 4.89. The second kappa shape index (κ2) is 6.97. The topological polar surface area (TPSA) is 94.8 Å². The number of hydrogen-bond acceptors (Lipinski definition) is 7. The highest BCUT2D eigenvalue weighted by molar-refractivity contribution is 5.91. The molecule has 0 radical (unpaired) electrons. The highest BCUT2D eigenvalue weighted by atomic mass is 16.5. The van der Waals surface area contributed by atoms with Crippen molar-refractivity contribution < 1.29 is 9.53 Å². The van der Waals surface area contributed by atoms with Gasteiger partial charge in [-0.25, -0.2) is 14.5 Å². The largest absolute Gasteiger partial charge is 0.465 e. The smallest absolute Gasteiger partial charge is 0.338 e. The zero-order valence-electron chi connectivity index (χ0n) is 13.2. The average Bonchev–Trinajstić information content (AvgIpc) is 3.02. The molecule has 0 aliphatic rings. The molecular formula is C14H20N6O2. The number of anilines is 1. The van der Waals surface area contributed by atoms with Crippen molar-refractivity contribution in [2.24, 2.45) is 0 Å². The first kappa shape index (κ1) is 15.9. The summed E-state index contributed by atoms with van der Waals surface area (Å²) in [6, 6.07) is 3.53. The number of pyridine rings is 1. The summed E-state index contributed by atoms with van der Waals surface area (Å²) in [5, 5.41) is 14.8. The number of tetrazole rings is 1. The lowest BCUT2D eigenvalue weighted by Crippen LogP contribution is -2.16. The van der Waals surface area contributed by atoms with Gasteiger partial charge in [-0.1, -0.05) is 6.92 Å². The molecule has 2 aromatic heterocycles. The van der Waals surface area contributed by atoms with Crippen molar-refractivity contribution in [1.82, 2.24) is 25.2 Å². The zero-order valence-corrected chi connectivity index (χ0v) is 13.2. The van der Waals surface area contributed by atoms with Crippen molar-refractivity contribution in [3.8, 4) is 11.5 Å². The molecule has 0 unspecified atom stereocenters. The van der Waals surface area contributed by atoms with Crippen LogP contribution in [0.1, 0.15) is 37.6 Å². The van der Waals surface area contributed by atoms with E-state index in [-0.39, 0.29) is 6.04 Å². The Labute approximate surface area is 128 Å². The van der Waals surface area contributed by atoms with E-state index in [4.69, 9.17) is 4.74 Å². The number of hydrogen-bond donors (Lipinski definition) is 1. The zero-order chi connectivity index (χ0) is 16.1. The third-order valence-corrected chi connectivity index (χ3v) is 3.31. The highest BCUT2D eigenvalue weighted by Crippen LogP contribution is 2.20. The number of methoxy groups -OCH3 is 1. The van der Waals surface area contributed by atoms with Crippen molar-refractivity contribution in [3.63, 3.8) is 0 Å². The molecule has 2 heterocycles. The molecule has 8 nitrogen and oxygen atoms in total. The number of aryl methyl sites for hydroxylation is 1. The highest BCUT2D eigenvalue weighted by Gasteiger charge is 2.16. The fourth-order valence-electron chi connectivity index (χ4n) is 1.91. The molecule has 1 N–H and O–H groups in total. The van der Waals surface area contributed by atoms with Gasteiger partial charge in [-0.05, 0) is 42.8 Å². The van der Waals surface area contributed by atoms with Gasteiger partial charge in [0.2, 0.25) is 5.82 Å². The van der Waals surface area contributed by atoms with Gasteiger partial charge in [0.05, 0.1) is 12.7 Å². The minimum atomic E-state index is -0.425. The van der Waals surface area contributed by atoms with E-state index >= 15 is 0 Å². The molecule has 2 aromatic rings. The summed E-state index contributed by atoms with van der Waals surface area (Å²) in [5.41, 5.74) is 0.935. The first-order valence-corrected chi connectivity index (χ1v) is 7.22. The van der Waals surface area contributed by atoms with Gasteiger partial charge in [0.15, 0.2) is 0 Å². The summed E-state index contributed by atoms with van der Waals surface area (Å²) in [4.78, 5) is 16.4. The standard InChI is InChI=1S/C14H20N6O2/c1-5-9(3)15-12-8-10(14(21)22-4)7-11(16-12)13-17-18-19-20(13)6-2/h7-9H,5-6H2,1-4H3,(H,15,16)/t9-/m0/s1. The minimum absolute atomic E-state index is 0.232. The van der Waals surface area contributed by atoms with E-state index in [1.54, 1.807) is 16.8 Å². The van der Waals surface area contributed by atoms with Gasteiger partial charge in [0.1, 0.15) is 11.5 Å². The van der Waals surface area contributed by atoms with Gasteiger partial charge in [-0.3, -0.25) is 0 Å². The molecular weight excluding hydrogens is 284 g/mol. The van der Waals surface area contributed by atoms with Crippen molar-refractivity contribution in [2.75, 3.05) is 12.4 Å². The summed E-state index contributed by atoms with van der Waals surface area (Å²) >= 11 is 0. The van der Waals surface area contributed by atoms with Gasteiger partial charge in [0.25, 0.3) is 0 Å². The van der Waals surface area contributed by atoms with Crippen LogP contribution in [0.3, 0.4) is 0 Å². The predicted octanol–water partition coefficient (Wildman–Crippen LogP) is 1.75. The Morgan fingerprint density at radius 2 is 2.18 bits per heavy atom. The molecule has 2 rings (SSSR count). The summed E-state index contributed by atoms with van der Waals surface area (Å²) in [6.45, 7) is 6.66. The van der Waals surface area contributed by atoms with Crippen LogP contribution in [-0.2, 0) is 11.3 Å². The Morgan fingerprint density at radius 1 is 1.41 bits per heavy atom. The van der Waals surface area contributed by atoms with Gasteiger partial charge in [0, 0.05) is 12.6 Å². The number of esters is 1. The van der Waals surface area contributed by atoms with Crippen molar-refractivity contribution >= 4 is 11.8 Å². The molecule has 0 saturated heterocycles. The molecule has 118 valence electrons. The van der Waals surface area contributed by atoms with E-state index < -0.39 is 5.97 Å². The fraction of sp³-hybridized carbons (Fsp3) is 0.500. The summed E-state index contributed by atoms with van der Waals surface area (Å²) in [6.07, 6.45) is 0.937. The number of carbonyl (C=O) groups excluding carboxylic acids is 1. The fourth-order valence-corrected chi connectivity index (χ4v) is 1.91. The summed E-state index contributed by atoms with van der Waals surface area (Å²) in [7, 11) is 1.35. The molecule has 0 aliphatic heterocycles. The van der Waals surface area contributed by atoms with Crippen molar-refractivity contribution in [1.29, 1.82) is 0 Å². The Morgan fingerprint density at radius 3 is 2.82 bits per heavy atom. The van der Waals surface area contributed by atoms with Crippen LogP contribution in [0.4, 0.5) is 5.82 Å². The minimum Gasteiger partial charge on any atom is -0.465 e. The first-order chi connectivity index (χ1) is 10.6. The van der Waals surface area contributed by atoms with E-state index in [0.29, 0.717) is 29.4 Å². The summed E-state index contributed by atoms with van der Waals surface area (Å²) < 4.78 is 6.42. The number of carbonyl (C=O) groups is 1. The number of ether oxygens (including phenoxy) is 1. The maximum atomic E-state index is 11.9. The van der Waals surface area contributed by atoms with Gasteiger partial charge < -0.3 is 10.1 Å². The van der Waals surface area contributed by atoms with Crippen LogP contribution < -0.4 is 5.32 Å². The number of nitrogens with one attached hydrogen (secondary N) is 1. The average molecular weight is 304 g/mol. The van der Waals surface area contributed by atoms with Gasteiger partial charge >= 0.3 is 5.97 Å². The Bertz CT molecular complexity index is 655. The van der Waals surface area contributed by atoms with Gasteiger partial charge in [-0.15, -0.1) is 5.10 Å². The Hall–Kier alpha value is -2.51. The maximum Gasteiger partial charge on any atom is 0.338 e. The third kappa shape index (κ3) is 3.38. The second-order valence-corrected chi connectivity index (χ2v) is 4.89. The number of aromatic nitrogens is 5. The van der Waals surface area contributed by atoms with Crippen LogP contribution in [0.2, 0.25) is 0 Å². The maximum absolute atomic E-state index is 11.9. The predicted molar refractivity (Wildman–Crippen MR) is 81.4 cm³/mol. The molecule has 0 spiro atoms. The quantitative estimate of drug-likeness (QED) is 0.812. The van der Waals surface area contributed by atoms with Crippen molar-refractivity contribution in [3.05, 3.63) is 17.7 Å². The van der Waals surface area contributed by atoms with Crippen LogP contribution in [0.5, 0.6) is 0 Å². The van der Waals surface area contributed by atoms with E-state index in [2.05, 4.69) is 32.7 Å². The molecule has 0 bridgehead atoms. The molecule has 8 heteroatoms. The van der Waals surface area contributed by atoms with Crippen LogP contribution in [0.25, 0.3) is 11.5 Å². The molecule has 0 aliphatic carbocycles. The van der Waals surface area contributed by atoms with Crippen LogP contribution >= 0.6 is 0 Å². The lowest BCUT2D eigenvalue weighted by atomic mass is 10.2. The number of rotatable bonds is 6. The first-order valence-electron chi connectivity index (χ1n) is 7.22. The Kier molecular flexibility index (Phi) is 5.03. The molecule has 0 saturated carbocycles. The lowest BCUT2D eigenvalue weighted by Gasteiger charge is -2.14. The monoisotopic (exact) mass is 304 g/mol. The molecule has 0 amide bonds. The lowest BCUT2D eigenvalue weighted by molar-refractivity contribution is 0.0600. The van der Waals surface area contributed by atoms with Crippen molar-refractivity contribution in [2.45, 2.75) is 39.8 Å². The summed E-state index contributed by atoms with van der Waals surface area (Å²) in [5.74, 6) is 0.685. The third-order valence-electron chi connectivity index (χ3n) is 3.31. The van der Waals surface area contributed by atoms with Crippen LogP contribution in [-0.4, -0.2) is 44.3 Å². The van der Waals surface area contributed by atoms with Crippen LogP contribution in [0.15, 0.2) is 12.1 Å². The SMILES string of the molecule is CC[C@H](C)Nc1cc(C(=O)OC)cc(-c2nnnn2CC)n1. The molecule has 22 heavy (non-hydrogen) atoms. The van der Waals surface area contributed by atoms with E-state index in [1.165, 1.54) is 7.11 Å². The normalized spacial score (nSPS) is 12.0. The van der Waals surface area contributed by atoms with E-state index in [0.717, 1.165) is 6.42 Å².